The molecule has 2 aromatic heterocycles. The first kappa shape index (κ1) is 26.7. The number of carbonyl (C=O) groups is 2. The highest BCUT2D eigenvalue weighted by Crippen LogP contribution is 2.37. The van der Waals surface area contributed by atoms with E-state index in [1.165, 1.54) is 32.5 Å². The van der Waals surface area contributed by atoms with Crippen LogP contribution in [0.25, 0.3) is 16.8 Å². The molecule has 1 amide bonds. The largest absolute Gasteiger partial charge is 0.494 e. The third kappa shape index (κ3) is 4.94. The van der Waals surface area contributed by atoms with Crippen LogP contribution in [0.4, 0.5) is 4.39 Å². The number of piperidine rings is 1. The molecule has 0 aliphatic carbocycles. The fourth-order valence-electron chi connectivity index (χ4n) is 4.90. The maximum atomic E-state index is 14.6. The minimum absolute atomic E-state index is 0.0243. The summed E-state index contributed by atoms with van der Waals surface area (Å²) >= 11 is 0. The molecule has 5 rings (SSSR count). The van der Waals surface area contributed by atoms with E-state index in [1.807, 2.05) is 0 Å². The number of hydrogen-bond acceptors (Lipinski definition) is 7. The van der Waals surface area contributed by atoms with Crippen LogP contribution in [0.3, 0.4) is 0 Å². The van der Waals surface area contributed by atoms with Gasteiger partial charge in [-0.05, 0) is 68.5 Å². The zero-order valence-electron chi connectivity index (χ0n) is 22.3. The van der Waals surface area contributed by atoms with Gasteiger partial charge in [-0.3, -0.25) is 9.20 Å². The van der Waals surface area contributed by atoms with Gasteiger partial charge in [-0.1, -0.05) is 12.0 Å². The van der Waals surface area contributed by atoms with E-state index in [-0.39, 0.29) is 29.1 Å². The average molecular weight is 543 g/mol. The van der Waals surface area contributed by atoms with E-state index in [0.717, 1.165) is 12.8 Å². The van der Waals surface area contributed by atoms with Gasteiger partial charge in [0.2, 0.25) is 5.82 Å². The summed E-state index contributed by atoms with van der Waals surface area (Å²) in [6, 6.07) is 11.2. The van der Waals surface area contributed by atoms with Crippen molar-refractivity contribution in [3.05, 3.63) is 72.2 Å². The number of halogens is 1. The molecule has 9 nitrogen and oxygen atoms in total. The minimum atomic E-state index is -0.611. The number of imidazole rings is 1. The molecule has 10 heteroatoms. The molecule has 40 heavy (non-hydrogen) atoms. The van der Waals surface area contributed by atoms with Gasteiger partial charge in [-0.15, -0.1) is 0 Å². The van der Waals surface area contributed by atoms with Crippen LogP contribution in [0, 0.1) is 17.7 Å². The standard InChI is InChI=1S/C30H27FN4O5/c1-4-8-24(36)34-17-6-5-9-21(34)29-33-26(28-27(30(37)39-3)32-16-18-35(28)29)19-12-14-20(15-13-19)40-23-11-7-10-22(38-2)25(23)31/h7,10-16,18,21H,5-6,9,17H2,1-3H3/t21-/m0/s1. The normalized spacial score (nSPS) is 14.8. The lowest BCUT2D eigenvalue weighted by atomic mass is 10.0. The minimum Gasteiger partial charge on any atom is -0.494 e. The van der Waals surface area contributed by atoms with Crippen molar-refractivity contribution in [3.8, 4) is 40.3 Å². The second-order valence-corrected chi connectivity index (χ2v) is 9.09. The molecule has 1 aliphatic rings. The Morgan fingerprint density at radius 3 is 2.58 bits per heavy atom. The molecule has 0 N–H and O–H groups in total. The maximum absolute atomic E-state index is 14.6. The monoisotopic (exact) mass is 542 g/mol. The molecule has 204 valence electrons. The van der Waals surface area contributed by atoms with Gasteiger partial charge in [0, 0.05) is 24.5 Å². The molecule has 1 aliphatic heterocycles. The Morgan fingerprint density at radius 2 is 1.85 bits per heavy atom. The Morgan fingerprint density at radius 1 is 1.07 bits per heavy atom. The van der Waals surface area contributed by atoms with Crippen LogP contribution in [-0.2, 0) is 9.53 Å². The molecular formula is C30H27FN4O5. The van der Waals surface area contributed by atoms with Crippen molar-refractivity contribution < 1.29 is 28.2 Å². The van der Waals surface area contributed by atoms with E-state index < -0.39 is 11.8 Å². The van der Waals surface area contributed by atoms with Gasteiger partial charge in [0.25, 0.3) is 5.91 Å². The van der Waals surface area contributed by atoms with Crippen LogP contribution >= 0.6 is 0 Å². The van der Waals surface area contributed by atoms with Gasteiger partial charge in [0.1, 0.15) is 17.1 Å². The molecule has 0 spiro atoms. The smallest absolute Gasteiger partial charge is 0.358 e. The first-order valence-corrected chi connectivity index (χ1v) is 12.8. The highest BCUT2D eigenvalue weighted by atomic mass is 19.1. The van der Waals surface area contributed by atoms with Crippen LogP contribution in [0.5, 0.6) is 17.2 Å². The molecule has 0 bridgehead atoms. The highest BCUT2D eigenvalue weighted by molar-refractivity contribution is 5.99. The molecule has 1 atom stereocenters. The first-order chi connectivity index (χ1) is 19.5. The second kappa shape index (κ2) is 11.5. The molecule has 1 fully saturated rings. The zero-order valence-corrected chi connectivity index (χ0v) is 22.3. The fraction of sp³-hybridized carbons (Fsp3) is 0.267. The SMILES string of the molecule is CC#CC(=O)N1CCCC[C@H]1c1nc(-c2ccc(Oc3cccc(OC)c3F)cc2)c2c(C(=O)OC)nccn12. The Balaban J connectivity index is 1.59. The predicted octanol–water partition coefficient (Wildman–Crippen LogP) is 5.20. The number of methoxy groups -OCH3 is 2. The molecule has 4 aromatic rings. The highest BCUT2D eigenvalue weighted by Gasteiger charge is 2.33. The lowest BCUT2D eigenvalue weighted by molar-refractivity contribution is -0.129. The summed E-state index contributed by atoms with van der Waals surface area (Å²) < 4.78 is 32.2. The van der Waals surface area contributed by atoms with Gasteiger partial charge < -0.3 is 19.1 Å². The summed E-state index contributed by atoms with van der Waals surface area (Å²) in [5.74, 6) is 4.95. The van der Waals surface area contributed by atoms with E-state index in [2.05, 4.69) is 16.8 Å². The number of benzene rings is 2. The van der Waals surface area contributed by atoms with Crippen LogP contribution in [-0.4, -0.2) is 51.9 Å². The van der Waals surface area contributed by atoms with Crippen molar-refractivity contribution in [2.24, 2.45) is 0 Å². The van der Waals surface area contributed by atoms with E-state index in [9.17, 15) is 14.0 Å². The number of hydrogen-bond donors (Lipinski definition) is 0. The topological polar surface area (TPSA) is 95.3 Å². The number of ether oxygens (including phenoxy) is 3. The van der Waals surface area contributed by atoms with Gasteiger partial charge in [0.15, 0.2) is 17.2 Å². The fourth-order valence-corrected chi connectivity index (χ4v) is 4.90. The number of amides is 1. The third-order valence-corrected chi connectivity index (χ3v) is 6.76. The Labute approximate surface area is 230 Å². The van der Waals surface area contributed by atoms with Crippen LogP contribution < -0.4 is 9.47 Å². The van der Waals surface area contributed by atoms with Crippen LogP contribution in [0.2, 0.25) is 0 Å². The lowest BCUT2D eigenvalue weighted by Crippen LogP contribution is -2.38. The molecule has 3 heterocycles. The van der Waals surface area contributed by atoms with Gasteiger partial charge in [-0.2, -0.15) is 4.39 Å². The number of esters is 1. The Hall–Kier alpha value is -4.91. The lowest BCUT2D eigenvalue weighted by Gasteiger charge is -2.33. The summed E-state index contributed by atoms with van der Waals surface area (Å²) in [7, 11) is 2.68. The van der Waals surface area contributed by atoms with Crippen molar-refractivity contribution in [3.63, 3.8) is 0 Å². The van der Waals surface area contributed by atoms with Crippen molar-refractivity contribution >= 4 is 17.4 Å². The molecule has 0 saturated carbocycles. The number of carbonyl (C=O) groups excluding carboxylic acids is 2. The van der Waals surface area contributed by atoms with E-state index in [1.54, 1.807) is 52.8 Å². The number of likely N-dealkylation sites (tertiary alicyclic amines) is 1. The Kier molecular flexibility index (Phi) is 7.64. The zero-order chi connectivity index (χ0) is 28.2. The van der Waals surface area contributed by atoms with E-state index >= 15 is 0 Å². The average Bonchev–Trinajstić information content (AvgIpc) is 3.38. The number of aromatic nitrogens is 3. The summed E-state index contributed by atoms with van der Waals surface area (Å²) in [6.07, 6.45) is 5.71. The van der Waals surface area contributed by atoms with Crippen molar-refractivity contribution in [2.75, 3.05) is 20.8 Å². The number of fused-ring (bicyclic) bond motifs is 1. The van der Waals surface area contributed by atoms with Gasteiger partial charge in [0.05, 0.1) is 26.0 Å². The molecular weight excluding hydrogens is 515 g/mol. The molecule has 2 aromatic carbocycles. The van der Waals surface area contributed by atoms with E-state index in [0.29, 0.717) is 41.3 Å². The first-order valence-electron chi connectivity index (χ1n) is 12.8. The summed E-state index contributed by atoms with van der Waals surface area (Å²) in [4.78, 5) is 36.6. The van der Waals surface area contributed by atoms with Crippen LogP contribution in [0.1, 0.15) is 48.5 Å². The summed E-state index contributed by atoms with van der Waals surface area (Å²) in [6.45, 7) is 2.19. The molecule has 0 radical (unpaired) electrons. The van der Waals surface area contributed by atoms with Crippen molar-refractivity contribution in [1.29, 1.82) is 0 Å². The Bertz CT molecular complexity index is 1640. The predicted molar refractivity (Wildman–Crippen MR) is 145 cm³/mol. The van der Waals surface area contributed by atoms with Gasteiger partial charge in [-0.25, -0.2) is 14.8 Å². The van der Waals surface area contributed by atoms with Gasteiger partial charge >= 0.3 is 5.97 Å². The molecule has 1 saturated heterocycles. The number of nitrogens with zero attached hydrogens (tertiary/aromatic N) is 4. The summed E-state index contributed by atoms with van der Waals surface area (Å²) in [5, 5.41) is 0. The van der Waals surface area contributed by atoms with Crippen LogP contribution in [0.15, 0.2) is 54.9 Å². The van der Waals surface area contributed by atoms with E-state index in [4.69, 9.17) is 19.2 Å². The van der Waals surface area contributed by atoms with Crippen molar-refractivity contribution in [1.82, 2.24) is 19.3 Å². The molecule has 0 unspecified atom stereocenters. The third-order valence-electron chi connectivity index (χ3n) is 6.76. The second-order valence-electron chi connectivity index (χ2n) is 9.09. The quantitative estimate of drug-likeness (QED) is 0.244. The van der Waals surface area contributed by atoms with Crippen molar-refractivity contribution in [2.45, 2.75) is 32.2 Å². The number of rotatable bonds is 6. The maximum Gasteiger partial charge on any atom is 0.358 e. The summed E-state index contributed by atoms with van der Waals surface area (Å²) in [5.41, 5.74) is 1.71.